The second-order valence-corrected chi connectivity index (χ2v) is 7.65. The van der Waals surface area contributed by atoms with E-state index in [4.69, 9.17) is 32.4 Å². The van der Waals surface area contributed by atoms with Gasteiger partial charge in [-0.05, 0) is 60.4 Å². The number of carbonyl (C=O) groups is 1. The van der Waals surface area contributed by atoms with Crippen molar-refractivity contribution in [3.63, 3.8) is 0 Å². The van der Waals surface area contributed by atoms with Gasteiger partial charge in [0.1, 0.15) is 18.1 Å². The van der Waals surface area contributed by atoms with E-state index in [1.54, 1.807) is 30.3 Å². The van der Waals surface area contributed by atoms with Gasteiger partial charge in [-0.2, -0.15) is 0 Å². The number of aryl methyl sites for hydroxylation is 1. The van der Waals surface area contributed by atoms with Crippen molar-refractivity contribution in [2.75, 3.05) is 5.32 Å². The molecule has 146 valence electrons. The molecule has 6 heteroatoms. The molecule has 4 nitrogen and oxygen atoms in total. The van der Waals surface area contributed by atoms with Crippen molar-refractivity contribution in [1.82, 2.24) is 0 Å². The second-order valence-electron chi connectivity index (χ2n) is 6.83. The molecule has 0 aliphatic rings. The van der Waals surface area contributed by atoms with Gasteiger partial charge in [-0.15, -0.1) is 0 Å². The summed E-state index contributed by atoms with van der Waals surface area (Å²) in [6.07, 6.45) is 0. The summed E-state index contributed by atoms with van der Waals surface area (Å²) in [5, 5.41) is 3.52. The number of rotatable bonds is 6. The van der Waals surface area contributed by atoms with Gasteiger partial charge in [0.15, 0.2) is 5.76 Å². The molecule has 0 atom stereocenters. The first-order chi connectivity index (χ1) is 13.3. The van der Waals surface area contributed by atoms with Gasteiger partial charge < -0.3 is 14.5 Å². The molecule has 0 saturated heterocycles. The van der Waals surface area contributed by atoms with Gasteiger partial charge in [0.2, 0.25) is 0 Å². The third-order valence-electron chi connectivity index (χ3n) is 4.22. The fraction of sp³-hybridized carbons (Fsp3) is 0.227. The molecule has 0 spiro atoms. The maximum atomic E-state index is 12.4. The van der Waals surface area contributed by atoms with E-state index in [9.17, 15) is 4.79 Å². The van der Waals surface area contributed by atoms with E-state index in [-0.39, 0.29) is 18.3 Å². The predicted molar refractivity (Wildman–Crippen MR) is 113 cm³/mol. The highest BCUT2D eigenvalue weighted by atomic mass is 35.5. The summed E-state index contributed by atoms with van der Waals surface area (Å²) in [6.45, 7) is 6.50. The molecule has 1 N–H and O–H groups in total. The van der Waals surface area contributed by atoms with Crippen molar-refractivity contribution in [2.45, 2.75) is 33.3 Å². The van der Waals surface area contributed by atoms with Crippen LogP contribution in [0.25, 0.3) is 0 Å². The van der Waals surface area contributed by atoms with Crippen LogP contribution in [0.5, 0.6) is 5.75 Å². The van der Waals surface area contributed by atoms with Crippen molar-refractivity contribution in [1.29, 1.82) is 0 Å². The molecule has 0 radical (unpaired) electrons. The molecule has 0 fully saturated rings. The minimum absolute atomic E-state index is 0.193. The highest BCUT2D eigenvalue weighted by Gasteiger charge is 2.14. The lowest BCUT2D eigenvalue weighted by Gasteiger charge is -2.14. The Morgan fingerprint density at radius 2 is 1.86 bits per heavy atom. The van der Waals surface area contributed by atoms with Crippen molar-refractivity contribution >= 4 is 34.8 Å². The van der Waals surface area contributed by atoms with Gasteiger partial charge in [-0.3, -0.25) is 4.79 Å². The minimum atomic E-state index is -0.372. The van der Waals surface area contributed by atoms with E-state index in [1.165, 1.54) is 0 Å². The number of anilines is 1. The lowest BCUT2D eigenvalue weighted by molar-refractivity contribution is 0.0992. The molecule has 3 aromatic rings. The number of hydrogen-bond acceptors (Lipinski definition) is 3. The molecular weight excluding hydrogens is 397 g/mol. The lowest BCUT2D eigenvalue weighted by Crippen LogP contribution is -2.10. The third-order valence-corrected chi connectivity index (χ3v) is 4.96. The number of nitrogens with one attached hydrogen (secondary N) is 1. The standard InChI is InChI=1S/C22H21Cl2NO3/c1-13(2)17-7-4-14(3)10-21(17)27-12-16-6-9-20(28-16)22(26)25-15-5-8-18(23)19(24)11-15/h4-11,13H,12H2,1-3H3,(H,25,26). The minimum Gasteiger partial charge on any atom is -0.485 e. The Bertz CT molecular complexity index is 995. The molecule has 2 aromatic carbocycles. The predicted octanol–water partition coefficient (Wildman–Crippen LogP) is 6.85. The summed E-state index contributed by atoms with van der Waals surface area (Å²) in [4.78, 5) is 12.4. The van der Waals surface area contributed by atoms with E-state index in [1.807, 2.05) is 13.0 Å². The molecule has 28 heavy (non-hydrogen) atoms. The zero-order chi connectivity index (χ0) is 20.3. The number of carbonyl (C=O) groups excluding carboxylic acids is 1. The highest BCUT2D eigenvalue weighted by molar-refractivity contribution is 6.42. The zero-order valence-corrected chi connectivity index (χ0v) is 17.4. The normalized spacial score (nSPS) is 10.9. The van der Waals surface area contributed by atoms with E-state index in [2.05, 4.69) is 31.3 Å². The zero-order valence-electron chi connectivity index (χ0n) is 15.9. The molecule has 0 unspecified atom stereocenters. The topological polar surface area (TPSA) is 51.5 Å². The van der Waals surface area contributed by atoms with Crippen LogP contribution in [-0.4, -0.2) is 5.91 Å². The first-order valence-corrected chi connectivity index (χ1v) is 9.67. The van der Waals surface area contributed by atoms with E-state index in [0.717, 1.165) is 16.9 Å². The Kier molecular flexibility index (Phi) is 6.32. The van der Waals surface area contributed by atoms with Crippen LogP contribution < -0.4 is 10.1 Å². The maximum absolute atomic E-state index is 12.4. The SMILES string of the molecule is Cc1ccc(C(C)C)c(OCc2ccc(C(=O)Nc3ccc(Cl)c(Cl)c3)o2)c1. The number of hydrogen-bond donors (Lipinski definition) is 1. The van der Waals surface area contributed by atoms with Gasteiger partial charge in [-0.1, -0.05) is 49.2 Å². The Morgan fingerprint density at radius 3 is 2.57 bits per heavy atom. The van der Waals surface area contributed by atoms with Crippen LogP contribution in [0.4, 0.5) is 5.69 Å². The highest BCUT2D eigenvalue weighted by Crippen LogP contribution is 2.29. The summed E-state index contributed by atoms with van der Waals surface area (Å²) in [6, 6.07) is 14.4. The van der Waals surface area contributed by atoms with Crippen LogP contribution in [0.3, 0.4) is 0 Å². The summed E-state index contributed by atoms with van der Waals surface area (Å²) in [5.41, 5.74) is 2.80. The molecule has 3 rings (SSSR count). The fourth-order valence-electron chi connectivity index (χ4n) is 2.74. The Morgan fingerprint density at radius 1 is 1.07 bits per heavy atom. The average Bonchev–Trinajstić information content (AvgIpc) is 3.12. The fourth-order valence-corrected chi connectivity index (χ4v) is 3.03. The van der Waals surface area contributed by atoms with Crippen molar-refractivity contribution < 1.29 is 13.9 Å². The Balaban J connectivity index is 1.66. The summed E-state index contributed by atoms with van der Waals surface area (Å²) in [5.74, 6) is 1.56. The van der Waals surface area contributed by atoms with Gasteiger partial charge in [0, 0.05) is 5.69 Å². The van der Waals surface area contributed by atoms with Crippen molar-refractivity contribution in [2.24, 2.45) is 0 Å². The Hall–Kier alpha value is -2.43. The molecule has 0 aliphatic carbocycles. The van der Waals surface area contributed by atoms with Crippen molar-refractivity contribution in [3.05, 3.63) is 81.2 Å². The first-order valence-electron chi connectivity index (χ1n) is 8.92. The summed E-state index contributed by atoms with van der Waals surface area (Å²) in [7, 11) is 0. The Labute approximate surface area is 174 Å². The van der Waals surface area contributed by atoms with Crippen LogP contribution in [0.2, 0.25) is 10.0 Å². The first kappa shape index (κ1) is 20.3. The van der Waals surface area contributed by atoms with Crippen LogP contribution in [0.1, 0.15) is 47.2 Å². The van der Waals surface area contributed by atoms with Gasteiger partial charge in [-0.25, -0.2) is 0 Å². The van der Waals surface area contributed by atoms with E-state index < -0.39 is 0 Å². The smallest absolute Gasteiger partial charge is 0.291 e. The van der Waals surface area contributed by atoms with Crippen LogP contribution >= 0.6 is 23.2 Å². The van der Waals surface area contributed by atoms with Crippen LogP contribution in [0, 0.1) is 6.92 Å². The quantitative estimate of drug-likeness (QED) is 0.476. The third kappa shape index (κ3) is 4.89. The van der Waals surface area contributed by atoms with Gasteiger partial charge >= 0.3 is 0 Å². The maximum Gasteiger partial charge on any atom is 0.291 e. The van der Waals surface area contributed by atoms with Gasteiger partial charge in [0.25, 0.3) is 5.91 Å². The number of ether oxygens (including phenoxy) is 1. The summed E-state index contributed by atoms with van der Waals surface area (Å²) >= 11 is 11.9. The molecular formula is C22H21Cl2NO3. The number of halogens is 2. The molecule has 0 aliphatic heterocycles. The largest absolute Gasteiger partial charge is 0.485 e. The number of amides is 1. The molecule has 1 heterocycles. The lowest BCUT2D eigenvalue weighted by atomic mass is 10.0. The molecule has 0 saturated carbocycles. The number of furan rings is 1. The summed E-state index contributed by atoms with van der Waals surface area (Å²) < 4.78 is 11.6. The van der Waals surface area contributed by atoms with E-state index >= 15 is 0 Å². The number of benzene rings is 2. The monoisotopic (exact) mass is 417 g/mol. The molecule has 1 amide bonds. The van der Waals surface area contributed by atoms with Crippen LogP contribution in [-0.2, 0) is 6.61 Å². The van der Waals surface area contributed by atoms with E-state index in [0.29, 0.717) is 27.4 Å². The van der Waals surface area contributed by atoms with Crippen LogP contribution in [0.15, 0.2) is 52.9 Å². The molecule has 1 aromatic heterocycles. The van der Waals surface area contributed by atoms with Crippen molar-refractivity contribution in [3.8, 4) is 5.75 Å². The van der Waals surface area contributed by atoms with Gasteiger partial charge in [0.05, 0.1) is 10.0 Å². The molecule has 0 bridgehead atoms. The average molecular weight is 418 g/mol. The second kappa shape index (κ2) is 8.72.